The summed E-state index contributed by atoms with van der Waals surface area (Å²) in [6.45, 7) is 3.45. The molecule has 3 heterocycles. The number of aromatic amines is 1. The predicted octanol–water partition coefficient (Wildman–Crippen LogP) is 1.59. The van der Waals surface area contributed by atoms with E-state index < -0.39 is 0 Å². The molecule has 0 radical (unpaired) electrons. The maximum absolute atomic E-state index is 12.2. The van der Waals surface area contributed by atoms with Gasteiger partial charge in [-0.25, -0.2) is 9.67 Å². The van der Waals surface area contributed by atoms with Crippen LogP contribution in [0.3, 0.4) is 0 Å². The third-order valence-electron chi connectivity index (χ3n) is 3.62. The number of fused-ring (bicyclic) bond motifs is 2. The molecule has 0 aliphatic heterocycles. The van der Waals surface area contributed by atoms with Gasteiger partial charge in [-0.2, -0.15) is 14.6 Å². The molecule has 0 atom stereocenters. The summed E-state index contributed by atoms with van der Waals surface area (Å²) < 4.78 is 2.87. The number of nitrogens with one attached hydrogen (secondary N) is 2. The molecule has 8 heteroatoms. The van der Waals surface area contributed by atoms with Gasteiger partial charge >= 0.3 is 0 Å². The average molecular weight is 307 g/mol. The van der Waals surface area contributed by atoms with Gasteiger partial charge in [-0.1, -0.05) is 6.07 Å². The van der Waals surface area contributed by atoms with Gasteiger partial charge in [0.05, 0.1) is 17.4 Å². The van der Waals surface area contributed by atoms with E-state index in [0.29, 0.717) is 23.1 Å². The molecule has 0 unspecified atom stereocenters. The normalized spacial score (nSPS) is 11.4. The quantitative estimate of drug-likeness (QED) is 0.411. The largest absolute Gasteiger partial charge is 0.287 e. The molecule has 2 N–H and O–H groups in total. The van der Waals surface area contributed by atoms with Crippen LogP contribution in [-0.2, 0) is 0 Å². The highest BCUT2D eigenvalue weighted by Gasteiger charge is 2.10. The van der Waals surface area contributed by atoms with E-state index >= 15 is 0 Å². The zero-order chi connectivity index (χ0) is 16.1. The van der Waals surface area contributed by atoms with Crippen LogP contribution in [0.25, 0.3) is 27.9 Å². The molecule has 0 aliphatic rings. The van der Waals surface area contributed by atoms with Crippen molar-refractivity contribution >= 4 is 22.5 Å². The first-order valence-electron chi connectivity index (χ1n) is 7.03. The van der Waals surface area contributed by atoms with Crippen molar-refractivity contribution in [1.29, 1.82) is 5.41 Å². The first-order chi connectivity index (χ1) is 11.0. The molecule has 4 rings (SSSR count). The van der Waals surface area contributed by atoms with E-state index in [1.165, 1.54) is 10.6 Å². The lowest BCUT2D eigenvalue weighted by molar-refractivity contribution is 0.882. The van der Waals surface area contributed by atoms with Crippen molar-refractivity contribution < 1.29 is 0 Å². The molecule has 0 saturated carbocycles. The number of nitrogens with zero attached hydrogens (tertiary/aromatic N) is 5. The van der Waals surface area contributed by atoms with Gasteiger partial charge in [0.25, 0.3) is 11.3 Å². The van der Waals surface area contributed by atoms with Crippen LogP contribution in [-0.4, -0.2) is 35.2 Å². The molecule has 0 spiro atoms. The van der Waals surface area contributed by atoms with Crippen molar-refractivity contribution in [2.45, 2.75) is 13.8 Å². The minimum atomic E-state index is -0.211. The van der Waals surface area contributed by atoms with E-state index in [1.54, 1.807) is 24.7 Å². The molecule has 1 aromatic carbocycles. The minimum Gasteiger partial charge on any atom is -0.287 e. The van der Waals surface area contributed by atoms with Crippen LogP contribution in [0.5, 0.6) is 0 Å². The van der Waals surface area contributed by atoms with Crippen molar-refractivity contribution in [1.82, 2.24) is 29.4 Å². The Morgan fingerprint density at radius 1 is 1.26 bits per heavy atom. The summed E-state index contributed by atoms with van der Waals surface area (Å²) in [4.78, 5) is 20.8. The standard InChI is InChI=1S/C15H13N7O/c1-8(16)21-13-4-3-10(5-11(13)7-17-21)12-6-14(23)22-15(19-12)18-9(2)20-22/h3-7,16H,1-2H3,(H,18,19,20). The average Bonchev–Trinajstić information content (AvgIpc) is 3.09. The molecular weight excluding hydrogens is 294 g/mol. The Labute approximate surface area is 129 Å². The highest BCUT2D eigenvalue weighted by atomic mass is 16.1. The van der Waals surface area contributed by atoms with Crippen molar-refractivity contribution in [3.05, 3.63) is 46.6 Å². The second-order valence-electron chi connectivity index (χ2n) is 5.34. The summed E-state index contributed by atoms with van der Waals surface area (Å²) in [7, 11) is 0. The van der Waals surface area contributed by atoms with Gasteiger partial charge in [0.2, 0.25) is 0 Å². The summed E-state index contributed by atoms with van der Waals surface area (Å²) in [5.41, 5.74) is 1.99. The highest BCUT2D eigenvalue weighted by molar-refractivity contribution is 5.92. The van der Waals surface area contributed by atoms with Gasteiger partial charge < -0.3 is 0 Å². The number of hydrogen-bond acceptors (Lipinski definition) is 5. The van der Waals surface area contributed by atoms with Crippen LogP contribution in [0, 0.1) is 12.3 Å². The smallest absolute Gasteiger partial charge is 0.274 e. The minimum absolute atomic E-state index is 0.211. The maximum Gasteiger partial charge on any atom is 0.274 e. The molecule has 0 fully saturated rings. The molecule has 114 valence electrons. The van der Waals surface area contributed by atoms with Gasteiger partial charge in [0.1, 0.15) is 11.7 Å². The molecule has 23 heavy (non-hydrogen) atoms. The maximum atomic E-state index is 12.2. The Balaban J connectivity index is 1.92. The molecular formula is C15H13N7O. The van der Waals surface area contributed by atoms with E-state index in [1.807, 2.05) is 18.2 Å². The molecule has 4 aromatic rings. The fraction of sp³-hybridized carbons (Fsp3) is 0.133. The van der Waals surface area contributed by atoms with Gasteiger partial charge in [-0.05, 0) is 26.0 Å². The lowest BCUT2D eigenvalue weighted by Crippen LogP contribution is -2.14. The van der Waals surface area contributed by atoms with Gasteiger partial charge in [-0.3, -0.25) is 15.3 Å². The van der Waals surface area contributed by atoms with Crippen molar-refractivity contribution in [3.8, 4) is 11.3 Å². The van der Waals surface area contributed by atoms with Gasteiger partial charge in [0.15, 0.2) is 0 Å². The van der Waals surface area contributed by atoms with Gasteiger partial charge in [-0.15, -0.1) is 0 Å². The van der Waals surface area contributed by atoms with E-state index in [4.69, 9.17) is 5.41 Å². The molecule has 0 amide bonds. The zero-order valence-electron chi connectivity index (χ0n) is 12.5. The second-order valence-corrected chi connectivity index (χ2v) is 5.34. The van der Waals surface area contributed by atoms with Crippen molar-refractivity contribution in [2.24, 2.45) is 0 Å². The van der Waals surface area contributed by atoms with Crippen LogP contribution in [0.2, 0.25) is 0 Å². The summed E-state index contributed by atoms with van der Waals surface area (Å²) in [5, 5.41) is 15.6. The molecule has 3 aromatic heterocycles. The van der Waals surface area contributed by atoms with Crippen LogP contribution >= 0.6 is 0 Å². The molecule has 0 aliphatic carbocycles. The number of benzene rings is 1. The number of aryl methyl sites for hydroxylation is 1. The topological polar surface area (TPSA) is 105 Å². The zero-order valence-corrected chi connectivity index (χ0v) is 12.5. The van der Waals surface area contributed by atoms with E-state index in [-0.39, 0.29) is 5.56 Å². The number of H-pyrrole nitrogens is 1. The lowest BCUT2D eigenvalue weighted by Gasteiger charge is -2.03. The number of hydrogen-bond donors (Lipinski definition) is 2. The lowest BCUT2D eigenvalue weighted by atomic mass is 10.1. The first-order valence-corrected chi connectivity index (χ1v) is 7.03. The molecule has 0 saturated heterocycles. The third-order valence-corrected chi connectivity index (χ3v) is 3.62. The Kier molecular flexibility index (Phi) is 2.68. The summed E-state index contributed by atoms with van der Waals surface area (Å²) >= 11 is 0. The van der Waals surface area contributed by atoms with Crippen LogP contribution < -0.4 is 5.56 Å². The number of rotatable bonds is 1. The number of aromatic nitrogens is 6. The van der Waals surface area contributed by atoms with E-state index in [0.717, 1.165) is 16.5 Å². The van der Waals surface area contributed by atoms with Crippen molar-refractivity contribution in [3.63, 3.8) is 0 Å². The Bertz CT molecular complexity index is 1130. The molecule has 0 bridgehead atoms. The fourth-order valence-corrected chi connectivity index (χ4v) is 2.59. The van der Waals surface area contributed by atoms with Crippen LogP contribution in [0.4, 0.5) is 0 Å². The third kappa shape index (κ3) is 2.03. The van der Waals surface area contributed by atoms with Crippen molar-refractivity contribution in [2.75, 3.05) is 0 Å². The van der Waals surface area contributed by atoms with Crippen LogP contribution in [0.1, 0.15) is 12.7 Å². The Morgan fingerprint density at radius 3 is 2.87 bits per heavy atom. The Hall–Kier alpha value is -3.29. The highest BCUT2D eigenvalue weighted by Crippen LogP contribution is 2.22. The van der Waals surface area contributed by atoms with E-state index in [2.05, 4.69) is 20.2 Å². The fourth-order valence-electron chi connectivity index (χ4n) is 2.59. The van der Waals surface area contributed by atoms with E-state index in [9.17, 15) is 4.79 Å². The van der Waals surface area contributed by atoms with Crippen LogP contribution in [0.15, 0.2) is 35.3 Å². The Morgan fingerprint density at radius 2 is 2.09 bits per heavy atom. The summed E-state index contributed by atoms with van der Waals surface area (Å²) in [6, 6.07) is 7.11. The summed E-state index contributed by atoms with van der Waals surface area (Å²) in [5.74, 6) is 1.32. The second kappa shape index (κ2) is 4.60. The van der Waals surface area contributed by atoms with Gasteiger partial charge in [0, 0.05) is 17.0 Å². The summed E-state index contributed by atoms with van der Waals surface area (Å²) in [6.07, 6.45) is 1.70. The molecule has 8 nitrogen and oxygen atoms in total. The first kappa shape index (κ1) is 13.4. The monoisotopic (exact) mass is 307 g/mol. The SMILES string of the molecule is CC(=N)n1ncc2cc(-c3cc(=O)n4[nH]c(C)nc4n3)ccc21. The predicted molar refractivity (Wildman–Crippen MR) is 85.9 cm³/mol.